The Labute approximate surface area is 108 Å². The molecule has 0 amide bonds. The molecule has 2 unspecified atom stereocenters. The SMILES string of the molecule is CCC(C)C(C)Nc1ccnc2c(N)cccc12. The van der Waals surface area contributed by atoms with E-state index in [9.17, 15) is 0 Å². The van der Waals surface area contributed by atoms with Crippen LogP contribution in [-0.4, -0.2) is 11.0 Å². The number of fused-ring (bicyclic) bond motifs is 1. The fourth-order valence-corrected chi connectivity index (χ4v) is 2.07. The van der Waals surface area contributed by atoms with Crippen LogP contribution < -0.4 is 11.1 Å². The van der Waals surface area contributed by atoms with Crippen molar-refractivity contribution >= 4 is 22.3 Å². The minimum atomic E-state index is 0.432. The van der Waals surface area contributed by atoms with Crippen LogP contribution in [0, 0.1) is 5.92 Å². The number of para-hydroxylation sites is 1. The fourth-order valence-electron chi connectivity index (χ4n) is 2.07. The summed E-state index contributed by atoms with van der Waals surface area (Å²) in [6.45, 7) is 6.69. The van der Waals surface area contributed by atoms with Crippen LogP contribution in [0.4, 0.5) is 11.4 Å². The van der Waals surface area contributed by atoms with E-state index in [4.69, 9.17) is 5.73 Å². The third kappa shape index (κ3) is 2.40. The van der Waals surface area contributed by atoms with Gasteiger partial charge in [-0.15, -0.1) is 0 Å². The van der Waals surface area contributed by atoms with Gasteiger partial charge in [0.15, 0.2) is 0 Å². The summed E-state index contributed by atoms with van der Waals surface area (Å²) in [6, 6.07) is 8.36. The molecule has 0 spiro atoms. The van der Waals surface area contributed by atoms with Crippen molar-refractivity contribution in [3.8, 4) is 0 Å². The van der Waals surface area contributed by atoms with E-state index in [1.54, 1.807) is 0 Å². The normalized spacial score (nSPS) is 14.4. The summed E-state index contributed by atoms with van der Waals surface area (Å²) in [5.41, 5.74) is 8.67. The summed E-state index contributed by atoms with van der Waals surface area (Å²) in [5, 5.41) is 4.66. The molecule has 0 bridgehead atoms. The minimum Gasteiger partial charge on any atom is -0.397 e. The minimum absolute atomic E-state index is 0.432. The predicted molar refractivity (Wildman–Crippen MR) is 78.7 cm³/mol. The van der Waals surface area contributed by atoms with E-state index < -0.39 is 0 Å². The highest BCUT2D eigenvalue weighted by molar-refractivity contribution is 5.97. The molecule has 0 aliphatic heterocycles. The molecular formula is C15H21N3. The lowest BCUT2D eigenvalue weighted by Gasteiger charge is -2.22. The second-order valence-electron chi connectivity index (χ2n) is 4.92. The lowest BCUT2D eigenvalue weighted by molar-refractivity contribution is 0.495. The molecule has 0 saturated heterocycles. The van der Waals surface area contributed by atoms with Crippen molar-refractivity contribution in [2.45, 2.75) is 33.2 Å². The van der Waals surface area contributed by atoms with Crippen LogP contribution >= 0.6 is 0 Å². The summed E-state index contributed by atoms with van der Waals surface area (Å²) in [5.74, 6) is 0.634. The Balaban J connectivity index is 2.37. The zero-order chi connectivity index (χ0) is 13.1. The van der Waals surface area contributed by atoms with Crippen LogP contribution in [-0.2, 0) is 0 Å². The summed E-state index contributed by atoms with van der Waals surface area (Å²) < 4.78 is 0. The number of hydrogen-bond acceptors (Lipinski definition) is 3. The van der Waals surface area contributed by atoms with Crippen molar-refractivity contribution < 1.29 is 0 Å². The molecule has 2 atom stereocenters. The highest BCUT2D eigenvalue weighted by Gasteiger charge is 2.11. The number of nitrogen functional groups attached to an aromatic ring is 1. The molecule has 0 saturated carbocycles. The van der Waals surface area contributed by atoms with Gasteiger partial charge in [-0.05, 0) is 25.0 Å². The van der Waals surface area contributed by atoms with Crippen LogP contribution in [0.3, 0.4) is 0 Å². The maximum Gasteiger partial charge on any atom is 0.0951 e. The fraction of sp³-hybridized carbons (Fsp3) is 0.400. The lowest BCUT2D eigenvalue weighted by atomic mass is 10.0. The topological polar surface area (TPSA) is 50.9 Å². The zero-order valence-corrected chi connectivity index (χ0v) is 11.3. The van der Waals surface area contributed by atoms with Gasteiger partial charge in [0.05, 0.1) is 11.2 Å². The van der Waals surface area contributed by atoms with Crippen molar-refractivity contribution in [1.29, 1.82) is 0 Å². The summed E-state index contributed by atoms with van der Waals surface area (Å²) >= 11 is 0. The molecule has 0 fully saturated rings. The Morgan fingerprint density at radius 3 is 2.78 bits per heavy atom. The van der Waals surface area contributed by atoms with Gasteiger partial charge in [0.25, 0.3) is 0 Å². The second-order valence-corrected chi connectivity index (χ2v) is 4.92. The van der Waals surface area contributed by atoms with Gasteiger partial charge in [-0.2, -0.15) is 0 Å². The second kappa shape index (κ2) is 5.25. The molecule has 3 N–H and O–H groups in total. The Morgan fingerprint density at radius 1 is 1.28 bits per heavy atom. The number of nitrogens with one attached hydrogen (secondary N) is 1. The van der Waals surface area contributed by atoms with Gasteiger partial charge < -0.3 is 11.1 Å². The van der Waals surface area contributed by atoms with Crippen LogP contribution in [0.1, 0.15) is 27.2 Å². The first-order valence-electron chi connectivity index (χ1n) is 6.53. The van der Waals surface area contributed by atoms with E-state index >= 15 is 0 Å². The maximum atomic E-state index is 5.95. The molecule has 2 aromatic rings. The van der Waals surface area contributed by atoms with Gasteiger partial charge in [-0.25, -0.2) is 0 Å². The number of benzene rings is 1. The van der Waals surface area contributed by atoms with Crippen LogP contribution in [0.25, 0.3) is 10.9 Å². The standard InChI is InChI=1S/C15H21N3/c1-4-10(2)11(3)18-14-8-9-17-15-12(14)6-5-7-13(15)16/h5-11H,4,16H2,1-3H3,(H,17,18). The average Bonchev–Trinajstić information content (AvgIpc) is 2.39. The van der Waals surface area contributed by atoms with Gasteiger partial charge in [-0.1, -0.05) is 32.4 Å². The number of nitrogens with two attached hydrogens (primary N) is 1. The van der Waals surface area contributed by atoms with Crippen molar-refractivity contribution in [2.75, 3.05) is 11.1 Å². The lowest BCUT2D eigenvalue weighted by Crippen LogP contribution is -2.23. The number of nitrogens with zero attached hydrogens (tertiary/aromatic N) is 1. The van der Waals surface area contributed by atoms with E-state index in [1.807, 2.05) is 24.4 Å². The highest BCUT2D eigenvalue weighted by atomic mass is 14.9. The zero-order valence-electron chi connectivity index (χ0n) is 11.3. The third-order valence-electron chi connectivity index (χ3n) is 3.68. The van der Waals surface area contributed by atoms with E-state index in [0.717, 1.165) is 22.3 Å². The predicted octanol–water partition coefficient (Wildman–Crippen LogP) is 3.66. The number of rotatable bonds is 4. The molecule has 3 heteroatoms. The van der Waals surface area contributed by atoms with Crippen molar-refractivity contribution in [3.05, 3.63) is 30.5 Å². The van der Waals surface area contributed by atoms with Crippen LogP contribution in [0.2, 0.25) is 0 Å². The first-order chi connectivity index (χ1) is 8.63. The smallest absolute Gasteiger partial charge is 0.0951 e. The van der Waals surface area contributed by atoms with Crippen molar-refractivity contribution in [1.82, 2.24) is 4.98 Å². The van der Waals surface area contributed by atoms with Crippen molar-refractivity contribution in [3.63, 3.8) is 0 Å². The first kappa shape index (κ1) is 12.7. The van der Waals surface area contributed by atoms with Gasteiger partial charge in [0.1, 0.15) is 0 Å². The molecule has 0 radical (unpaired) electrons. The number of aromatic nitrogens is 1. The van der Waals surface area contributed by atoms with E-state index in [-0.39, 0.29) is 0 Å². The monoisotopic (exact) mass is 243 g/mol. The molecule has 3 nitrogen and oxygen atoms in total. The maximum absolute atomic E-state index is 5.95. The summed E-state index contributed by atoms with van der Waals surface area (Å²) in [7, 11) is 0. The molecule has 18 heavy (non-hydrogen) atoms. The molecule has 96 valence electrons. The average molecular weight is 243 g/mol. The Bertz CT molecular complexity index is 536. The van der Waals surface area contributed by atoms with Crippen molar-refractivity contribution in [2.24, 2.45) is 5.92 Å². The molecule has 1 aromatic carbocycles. The summed E-state index contributed by atoms with van der Waals surface area (Å²) in [6.07, 6.45) is 2.98. The molecule has 0 aliphatic rings. The van der Waals surface area contributed by atoms with E-state index in [2.05, 4.69) is 37.1 Å². The molecule has 0 aliphatic carbocycles. The van der Waals surface area contributed by atoms with E-state index in [0.29, 0.717) is 12.0 Å². The molecule has 1 heterocycles. The van der Waals surface area contributed by atoms with E-state index in [1.165, 1.54) is 6.42 Å². The van der Waals surface area contributed by atoms with Gasteiger partial charge in [0.2, 0.25) is 0 Å². The molecular weight excluding hydrogens is 222 g/mol. The quantitative estimate of drug-likeness (QED) is 0.806. The number of pyridine rings is 1. The molecule has 1 aromatic heterocycles. The van der Waals surface area contributed by atoms with Gasteiger partial charge in [0, 0.05) is 23.3 Å². The number of hydrogen-bond donors (Lipinski definition) is 2. The Morgan fingerprint density at radius 2 is 2.06 bits per heavy atom. The molecule has 2 rings (SSSR count). The largest absolute Gasteiger partial charge is 0.397 e. The van der Waals surface area contributed by atoms with Gasteiger partial charge >= 0.3 is 0 Å². The van der Waals surface area contributed by atoms with Crippen LogP contribution in [0.15, 0.2) is 30.5 Å². The Hall–Kier alpha value is -1.77. The highest BCUT2D eigenvalue weighted by Crippen LogP contribution is 2.26. The van der Waals surface area contributed by atoms with Crippen LogP contribution in [0.5, 0.6) is 0 Å². The van der Waals surface area contributed by atoms with Gasteiger partial charge in [-0.3, -0.25) is 4.98 Å². The first-order valence-corrected chi connectivity index (χ1v) is 6.53. The third-order valence-corrected chi connectivity index (χ3v) is 3.68. The summed E-state index contributed by atoms with van der Waals surface area (Å²) in [4.78, 5) is 4.35. The number of anilines is 2. The Kier molecular flexibility index (Phi) is 3.70.